The van der Waals surface area contributed by atoms with Crippen LogP contribution in [0.1, 0.15) is 54.1 Å². The molecule has 1 rings (SSSR count). The minimum absolute atomic E-state index is 0.0516. The van der Waals surface area contributed by atoms with Gasteiger partial charge in [0.05, 0.1) is 0 Å². The maximum atomic E-state index is 12.1. The maximum Gasteiger partial charge on any atom is 0.303 e. The summed E-state index contributed by atoms with van der Waals surface area (Å²) in [5.41, 5.74) is 2.75. The summed E-state index contributed by atoms with van der Waals surface area (Å²) >= 11 is 0. The molecule has 0 aromatic heterocycles. The highest BCUT2D eigenvalue weighted by atomic mass is 16.4. The summed E-state index contributed by atoms with van der Waals surface area (Å²) in [6, 6.07) is 5.84. The zero-order chi connectivity index (χ0) is 15.8. The van der Waals surface area contributed by atoms with Crippen LogP contribution in [0.15, 0.2) is 18.2 Å². The van der Waals surface area contributed by atoms with Gasteiger partial charge in [-0.1, -0.05) is 31.0 Å². The van der Waals surface area contributed by atoms with E-state index in [-0.39, 0.29) is 12.3 Å². The van der Waals surface area contributed by atoms with Gasteiger partial charge in [0.1, 0.15) is 0 Å². The Hall–Kier alpha value is -1.84. The van der Waals surface area contributed by atoms with E-state index < -0.39 is 5.97 Å². The molecule has 1 aromatic carbocycles. The summed E-state index contributed by atoms with van der Waals surface area (Å²) in [6.45, 7) is 6.54. The molecule has 0 radical (unpaired) electrons. The Morgan fingerprint density at radius 2 is 1.95 bits per heavy atom. The number of carbonyl (C=O) groups excluding carboxylic acids is 1. The van der Waals surface area contributed by atoms with Crippen molar-refractivity contribution in [3.05, 3.63) is 34.9 Å². The van der Waals surface area contributed by atoms with E-state index >= 15 is 0 Å². The number of nitrogens with one attached hydrogen (secondary N) is 1. The van der Waals surface area contributed by atoms with Gasteiger partial charge >= 0.3 is 5.97 Å². The average Bonchev–Trinajstić information content (AvgIpc) is 2.44. The Morgan fingerprint density at radius 3 is 2.57 bits per heavy atom. The second-order valence-corrected chi connectivity index (χ2v) is 5.57. The third-order valence-electron chi connectivity index (χ3n) is 3.82. The molecule has 2 N–H and O–H groups in total. The first-order valence-corrected chi connectivity index (χ1v) is 7.51. The van der Waals surface area contributed by atoms with Gasteiger partial charge in [-0.15, -0.1) is 0 Å². The molecule has 0 aliphatic rings. The lowest BCUT2D eigenvalue weighted by Gasteiger charge is -2.14. The van der Waals surface area contributed by atoms with Crippen molar-refractivity contribution in [1.82, 2.24) is 5.32 Å². The van der Waals surface area contributed by atoms with Gasteiger partial charge < -0.3 is 10.4 Å². The number of aliphatic carboxylic acids is 1. The molecule has 116 valence electrons. The van der Waals surface area contributed by atoms with E-state index in [9.17, 15) is 9.59 Å². The Morgan fingerprint density at radius 1 is 1.24 bits per heavy atom. The van der Waals surface area contributed by atoms with Crippen LogP contribution in [0.25, 0.3) is 0 Å². The number of amides is 1. The molecule has 1 aromatic rings. The molecule has 0 saturated carbocycles. The fourth-order valence-electron chi connectivity index (χ4n) is 2.35. The maximum absolute atomic E-state index is 12.1. The van der Waals surface area contributed by atoms with Crippen molar-refractivity contribution in [2.75, 3.05) is 6.54 Å². The monoisotopic (exact) mass is 291 g/mol. The summed E-state index contributed by atoms with van der Waals surface area (Å²) in [4.78, 5) is 22.7. The fraction of sp³-hybridized carbons (Fsp3) is 0.529. The van der Waals surface area contributed by atoms with E-state index in [0.29, 0.717) is 24.4 Å². The third kappa shape index (κ3) is 5.98. The van der Waals surface area contributed by atoms with E-state index in [1.54, 1.807) is 0 Å². The van der Waals surface area contributed by atoms with Crippen molar-refractivity contribution in [3.63, 3.8) is 0 Å². The summed E-state index contributed by atoms with van der Waals surface area (Å²) in [6.07, 6.45) is 2.63. The van der Waals surface area contributed by atoms with Crippen LogP contribution in [0, 0.1) is 19.8 Å². The standard InChI is InChI=1S/C17H25NO3/c1-4-14(7-8-16(19)20)9-10-18-17(21)15-11-12(2)5-6-13(15)3/h5-6,11,14H,4,7-10H2,1-3H3,(H,18,21)(H,19,20). The minimum atomic E-state index is -0.757. The van der Waals surface area contributed by atoms with Crippen LogP contribution in [0.5, 0.6) is 0 Å². The summed E-state index contributed by atoms with van der Waals surface area (Å²) in [7, 11) is 0. The highest BCUT2D eigenvalue weighted by Gasteiger charge is 2.12. The van der Waals surface area contributed by atoms with Crippen molar-refractivity contribution in [2.24, 2.45) is 5.92 Å². The Labute approximate surface area is 126 Å². The zero-order valence-electron chi connectivity index (χ0n) is 13.1. The van der Waals surface area contributed by atoms with E-state index in [1.807, 2.05) is 32.0 Å². The molecule has 0 fully saturated rings. The topological polar surface area (TPSA) is 66.4 Å². The number of benzene rings is 1. The molecule has 0 spiro atoms. The van der Waals surface area contributed by atoms with Crippen LogP contribution in [-0.4, -0.2) is 23.5 Å². The third-order valence-corrected chi connectivity index (χ3v) is 3.82. The van der Waals surface area contributed by atoms with Crippen molar-refractivity contribution in [1.29, 1.82) is 0 Å². The quantitative estimate of drug-likeness (QED) is 0.772. The van der Waals surface area contributed by atoms with Gasteiger partial charge in [-0.2, -0.15) is 0 Å². The number of hydrogen-bond donors (Lipinski definition) is 2. The molecule has 0 aliphatic heterocycles. The predicted octanol–water partition coefficient (Wildman–Crippen LogP) is 3.31. The summed E-state index contributed by atoms with van der Waals surface area (Å²) in [5.74, 6) is -0.461. The Kier molecular flexibility index (Phi) is 6.92. The number of rotatable bonds is 8. The summed E-state index contributed by atoms with van der Waals surface area (Å²) < 4.78 is 0. The fourth-order valence-corrected chi connectivity index (χ4v) is 2.35. The predicted molar refractivity (Wildman–Crippen MR) is 83.5 cm³/mol. The lowest BCUT2D eigenvalue weighted by molar-refractivity contribution is -0.137. The molecule has 1 atom stereocenters. The highest BCUT2D eigenvalue weighted by molar-refractivity contribution is 5.95. The van der Waals surface area contributed by atoms with Crippen molar-refractivity contribution >= 4 is 11.9 Å². The van der Waals surface area contributed by atoms with Crippen LogP contribution in [-0.2, 0) is 4.79 Å². The smallest absolute Gasteiger partial charge is 0.303 e. The first kappa shape index (κ1) is 17.2. The van der Waals surface area contributed by atoms with Gasteiger partial charge in [0, 0.05) is 18.5 Å². The average molecular weight is 291 g/mol. The molecular formula is C17H25NO3. The van der Waals surface area contributed by atoms with Crippen LogP contribution < -0.4 is 5.32 Å². The van der Waals surface area contributed by atoms with Gasteiger partial charge in [-0.3, -0.25) is 9.59 Å². The van der Waals surface area contributed by atoms with Crippen molar-refractivity contribution < 1.29 is 14.7 Å². The lowest BCUT2D eigenvalue weighted by Crippen LogP contribution is -2.26. The number of carboxylic acids is 1. The lowest BCUT2D eigenvalue weighted by atomic mass is 9.96. The number of aryl methyl sites for hydroxylation is 2. The number of carbonyl (C=O) groups is 2. The molecule has 1 amide bonds. The first-order chi connectivity index (χ1) is 9.93. The zero-order valence-corrected chi connectivity index (χ0v) is 13.1. The SMILES string of the molecule is CCC(CCNC(=O)c1cc(C)ccc1C)CCC(=O)O. The molecule has 0 aliphatic carbocycles. The van der Waals surface area contributed by atoms with E-state index in [4.69, 9.17) is 5.11 Å². The molecule has 1 unspecified atom stereocenters. The normalized spacial score (nSPS) is 12.0. The van der Waals surface area contributed by atoms with Gasteiger partial charge in [0.15, 0.2) is 0 Å². The first-order valence-electron chi connectivity index (χ1n) is 7.51. The highest BCUT2D eigenvalue weighted by Crippen LogP contribution is 2.15. The Balaban J connectivity index is 2.45. The number of carboxylic acid groups (broad SMARTS) is 1. The van der Waals surface area contributed by atoms with Crippen molar-refractivity contribution in [3.8, 4) is 0 Å². The molecule has 0 saturated heterocycles. The number of hydrogen-bond acceptors (Lipinski definition) is 2. The molecule has 0 bridgehead atoms. The molecule has 0 heterocycles. The van der Waals surface area contributed by atoms with E-state index in [2.05, 4.69) is 12.2 Å². The second kappa shape index (κ2) is 8.45. The van der Waals surface area contributed by atoms with Crippen LogP contribution in [0.2, 0.25) is 0 Å². The largest absolute Gasteiger partial charge is 0.481 e. The van der Waals surface area contributed by atoms with E-state index in [1.165, 1.54) is 0 Å². The molecule has 4 heteroatoms. The van der Waals surface area contributed by atoms with Gasteiger partial charge in [0.25, 0.3) is 5.91 Å². The molecule has 21 heavy (non-hydrogen) atoms. The van der Waals surface area contributed by atoms with Gasteiger partial charge in [-0.05, 0) is 44.2 Å². The minimum Gasteiger partial charge on any atom is -0.481 e. The van der Waals surface area contributed by atoms with Crippen LogP contribution >= 0.6 is 0 Å². The van der Waals surface area contributed by atoms with Gasteiger partial charge in [-0.25, -0.2) is 0 Å². The molecule has 4 nitrogen and oxygen atoms in total. The molecular weight excluding hydrogens is 266 g/mol. The second-order valence-electron chi connectivity index (χ2n) is 5.57. The summed E-state index contributed by atoms with van der Waals surface area (Å²) in [5, 5.41) is 11.6. The van der Waals surface area contributed by atoms with Crippen molar-refractivity contribution in [2.45, 2.75) is 46.5 Å². The van der Waals surface area contributed by atoms with Gasteiger partial charge in [0.2, 0.25) is 0 Å². The van der Waals surface area contributed by atoms with Crippen LogP contribution in [0.4, 0.5) is 0 Å². The Bertz CT molecular complexity index is 497. The van der Waals surface area contributed by atoms with E-state index in [0.717, 1.165) is 24.0 Å². The van der Waals surface area contributed by atoms with Crippen LogP contribution in [0.3, 0.4) is 0 Å².